The zero-order chi connectivity index (χ0) is 18.0. The van der Waals surface area contributed by atoms with Crippen molar-refractivity contribution in [3.8, 4) is 0 Å². The maximum atomic E-state index is 13.8. The molecule has 0 bridgehead atoms. The van der Waals surface area contributed by atoms with Crippen LogP contribution in [0.25, 0.3) is 0 Å². The van der Waals surface area contributed by atoms with Crippen molar-refractivity contribution in [2.75, 3.05) is 26.2 Å². The van der Waals surface area contributed by atoms with E-state index < -0.39 is 5.82 Å². The monoisotopic (exact) mass is 361 g/mol. The second-order valence-corrected chi connectivity index (χ2v) is 7.36. The summed E-state index contributed by atoms with van der Waals surface area (Å²) in [5.74, 6) is -0.786. The van der Waals surface area contributed by atoms with E-state index >= 15 is 0 Å². The summed E-state index contributed by atoms with van der Waals surface area (Å²) in [6, 6.07) is 5.98. The molecule has 0 aliphatic carbocycles. The van der Waals surface area contributed by atoms with E-state index in [0.29, 0.717) is 32.6 Å². The molecule has 0 saturated carbocycles. The Kier molecular flexibility index (Phi) is 5.13. The van der Waals surface area contributed by atoms with Crippen LogP contribution in [-0.4, -0.2) is 52.8 Å². The number of halogens is 1. The number of piperazine rings is 1. The molecular weight excluding hydrogens is 341 g/mol. The van der Waals surface area contributed by atoms with Crippen molar-refractivity contribution in [2.24, 2.45) is 0 Å². The molecule has 1 fully saturated rings. The molecular formula is C18H20FN3O2S. The first-order valence-electron chi connectivity index (χ1n) is 8.20. The summed E-state index contributed by atoms with van der Waals surface area (Å²) in [5.41, 5.74) is 0.988. The number of nitrogens with zero attached hydrogens (tertiary/aromatic N) is 3. The SMILES string of the molecule is Cc1nc(C)c(CC(=O)N2CCN(C(=O)c3ccccc3F)CC2)s1. The van der Waals surface area contributed by atoms with Crippen molar-refractivity contribution in [3.05, 3.63) is 51.2 Å². The molecule has 2 amide bonds. The molecule has 0 radical (unpaired) electrons. The molecule has 2 heterocycles. The first-order chi connectivity index (χ1) is 12.0. The molecule has 1 aliphatic rings. The molecule has 1 aromatic carbocycles. The summed E-state index contributed by atoms with van der Waals surface area (Å²) >= 11 is 1.55. The van der Waals surface area contributed by atoms with Gasteiger partial charge in [-0.1, -0.05) is 12.1 Å². The van der Waals surface area contributed by atoms with Crippen molar-refractivity contribution in [3.63, 3.8) is 0 Å². The number of thiazole rings is 1. The lowest BCUT2D eigenvalue weighted by atomic mass is 10.1. The van der Waals surface area contributed by atoms with Gasteiger partial charge in [-0.3, -0.25) is 9.59 Å². The normalized spacial score (nSPS) is 14.7. The van der Waals surface area contributed by atoms with Gasteiger partial charge in [0.2, 0.25) is 5.91 Å². The summed E-state index contributed by atoms with van der Waals surface area (Å²) in [5, 5.41) is 0.959. The van der Waals surface area contributed by atoms with Gasteiger partial charge in [0.15, 0.2) is 0 Å². The molecule has 5 nitrogen and oxygen atoms in total. The average Bonchev–Trinajstić information content (AvgIpc) is 2.92. The maximum absolute atomic E-state index is 13.8. The Morgan fingerprint density at radius 3 is 2.36 bits per heavy atom. The van der Waals surface area contributed by atoms with Gasteiger partial charge in [-0.15, -0.1) is 11.3 Å². The van der Waals surface area contributed by atoms with Gasteiger partial charge in [0, 0.05) is 31.1 Å². The number of hydrogen-bond donors (Lipinski definition) is 0. The second kappa shape index (κ2) is 7.31. The molecule has 3 rings (SSSR count). The van der Waals surface area contributed by atoms with Gasteiger partial charge in [0.1, 0.15) is 5.82 Å². The highest BCUT2D eigenvalue weighted by atomic mass is 32.1. The molecule has 1 aromatic heterocycles. The van der Waals surface area contributed by atoms with Crippen molar-refractivity contribution < 1.29 is 14.0 Å². The van der Waals surface area contributed by atoms with Crippen LogP contribution in [0.3, 0.4) is 0 Å². The number of benzene rings is 1. The number of aromatic nitrogens is 1. The number of rotatable bonds is 3. The van der Waals surface area contributed by atoms with Crippen LogP contribution in [0.5, 0.6) is 0 Å². The Morgan fingerprint density at radius 1 is 1.12 bits per heavy atom. The Labute approximate surface area is 150 Å². The molecule has 0 N–H and O–H groups in total. The van der Waals surface area contributed by atoms with Gasteiger partial charge in [0.05, 0.1) is 22.7 Å². The van der Waals surface area contributed by atoms with E-state index in [1.807, 2.05) is 13.8 Å². The van der Waals surface area contributed by atoms with E-state index in [-0.39, 0.29) is 17.4 Å². The summed E-state index contributed by atoms with van der Waals surface area (Å²) in [4.78, 5) is 33.6. The van der Waals surface area contributed by atoms with E-state index in [1.54, 1.807) is 33.3 Å². The van der Waals surface area contributed by atoms with Gasteiger partial charge in [-0.25, -0.2) is 9.37 Å². The van der Waals surface area contributed by atoms with Crippen LogP contribution in [-0.2, 0) is 11.2 Å². The standard InChI is InChI=1S/C18H20FN3O2S/c1-12-16(25-13(2)20-12)11-17(23)21-7-9-22(10-8-21)18(24)14-5-3-4-6-15(14)19/h3-6H,7-11H2,1-2H3. The molecule has 1 saturated heterocycles. The molecule has 0 unspecified atom stereocenters. The summed E-state index contributed by atoms with van der Waals surface area (Å²) in [6.07, 6.45) is 0.346. The van der Waals surface area contributed by atoms with Crippen LogP contribution < -0.4 is 0 Å². The third-order valence-electron chi connectivity index (χ3n) is 4.34. The first kappa shape index (κ1) is 17.5. The quantitative estimate of drug-likeness (QED) is 0.844. The van der Waals surface area contributed by atoms with Crippen LogP contribution in [0.4, 0.5) is 4.39 Å². The van der Waals surface area contributed by atoms with E-state index in [9.17, 15) is 14.0 Å². The molecule has 1 aliphatic heterocycles. The topological polar surface area (TPSA) is 53.5 Å². The highest BCUT2D eigenvalue weighted by Crippen LogP contribution is 2.19. The third kappa shape index (κ3) is 3.87. The van der Waals surface area contributed by atoms with Crippen molar-refractivity contribution in [1.29, 1.82) is 0 Å². The summed E-state index contributed by atoms with van der Waals surface area (Å²) in [7, 11) is 0. The van der Waals surface area contributed by atoms with Gasteiger partial charge >= 0.3 is 0 Å². The number of carbonyl (C=O) groups is 2. The van der Waals surface area contributed by atoms with Gasteiger partial charge < -0.3 is 9.80 Å². The maximum Gasteiger partial charge on any atom is 0.256 e. The van der Waals surface area contributed by atoms with Crippen molar-refractivity contribution in [2.45, 2.75) is 20.3 Å². The fraction of sp³-hybridized carbons (Fsp3) is 0.389. The summed E-state index contributed by atoms with van der Waals surface area (Å²) < 4.78 is 13.8. The molecule has 0 atom stereocenters. The Hall–Kier alpha value is -2.28. The molecule has 2 aromatic rings. The predicted molar refractivity (Wildman–Crippen MR) is 94.2 cm³/mol. The van der Waals surface area contributed by atoms with Gasteiger partial charge in [0.25, 0.3) is 5.91 Å². The lowest BCUT2D eigenvalue weighted by Crippen LogP contribution is -2.51. The fourth-order valence-electron chi connectivity index (χ4n) is 2.95. The van der Waals surface area contributed by atoms with Gasteiger partial charge in [-0.2, -0.15) is 0 Å². The number of hydrogen-bond acceptors (Lipinski definition) is 4. The highest BCUT2D eigenvalue weighted by Gasteiger charge is 2.26. The van der Waals surface area contributed by atoms with E-state index in [2.05, 4.69) is 4.98 Å². The molecule has 7 heteroatoms. The van der Waals surface area contributed by atoms with Crippen LogP contribution in [0.2, 0.25) is 0 Å². The van der Waals surface area contributed by atoms with Crippen LogP contribution >= 0.6 is 11.3 Å². The summed E-state index contributed by atoms with van der Waals surface area (Å²) in [6.45, 7) is 5.61. The minimum atomic E-state index is -0.512. The lowest BCUT2D eigenvalue weighted by Gasteiger charge is -2.34. The Morgan fingerprint density at radius 2 is 1.76 bits per heavy atom. The zero-order valence-corrected chi connectivity index (χ0v) is 15.1. The smallest absolute Gasteiger partial charge is 0.256 e. The van der Waals surface area contributed by atoms with E-state index in [4.69, 9.17) is 0 Å². The molecule has 0 spiro atoms. The molecule has 25 heavy (non-hydrogen) atoms. The predicted octanol–water partition coefficient (Wildman–Crippen LogP) is 2.43. The number of amides is 2. The van der Waals surface area contributed by atoms with Crippen LogP contribution in [0.1, 0.15) is 25.9 Å². The minimum Gasteiger partial charge on any atom is -0.339 e. The minimum absolute atomic E-state index is 0.0461. The third-order valence-corrected chi connectivity index (χ3v) is 5.41. The number of carbonyl (C=O) groups excluding carboxylic acids is 2. The first-order valence-corrected chi connectivity index (χ1v) is 9.02. The fourth-order valence-corrected chi connectivity index (χ4v) is 3.88. The number of aryl methyl sites for hydroxylation is 2. The molecule has 132 valence electrons. The highest BCUT2D eigenvalue weighted by molar-refractivity contribution is 7.11. The Bertz CT molecular complexity index is 797. The van der Waals surface area contributed by atoms with Gasteiger partial charge in [-0.05, 0) is 26.0 Å². The van der Waals surface area contributed by atoms with Crippen molar-refractivity contribution in [1.82, 2.24) is 14.8 Å². The zero-order valence-electron chi connectivity index (χ0n) is 14.3. The van der Waals surface area contributed by atoms with E-state index in [0.717, 1.165) is 15.6 Å². The van der Waals surface area contributed by atoms with Crippen LogP contribution in [0.15, 0.2) is 24.3 Å². The van der Waals surface area contributed by atoms with Crippen molar-refractivity contribution >= 4 is 23.2 Å². The van der Waals surface area contributed by atoms with E-state index in [1.165, 1.54) is 12.1 Å². The average molecular weight is 361 g/mol. The largest absolute Gasteiger partial charge is 0.339 e. The second-order valence-electron chi connectivity index (χ2n) is 6.07. The van der Waals surface area contributed by atoms with Crippen LogP contribution in [0, 0.1) is 19.7 Å². The lowest BCUT2D eigenvalue weighted by molar-refractivity contribution is -0.131. The Balaban J connectivity index is 1.58.